The Bertz CT molecular complexity index is 1110. The van der Waals surface area contributed by atoms with Crippen LogP contribution in [0.5, 0.6) is 5.75 Å². The van der Waals surface area contributed by atoms with Gasteiger partial charge in [0.05, 0.1) is 17.8 Å². The number of ether oxygens (including phenoxy) is 1. The first-order valence-corrected chi connectivity index (χ1v) is 11.1. The molecule has 0 fully saturated rings. The summed E-state index contributed by atoms with van der Waals surface area (Å²) < 4.78 is 6.09. The van der Waals surface area contributed by atoms with Gasteiger partial charge < -0.3 is 14.7 Å². The van der Waals surface area contributed by atoms with Crippen LogP contribution in [-0.4, -0.2) is 33.7 Å². The number of aryl methyl sites for hydroxylation is 1. The van der Waals surface area contributed by atoms with Crippen LogP contribution in [0.3, 0.4) is 0 Å². The summed E-state index contributed by atoms with van der Waals surface area (Å²) in [5.74, 6) is 0.826. The second-order valence-electron chi connectivity index (χ2n) is 9.83. The van der Waals surface area contributed by atoms with Crippen molar-refractivity contribution in [3.63, 3.8) is 0 Å². The van der Waals surface area contributed by atoms with Crippen LogP contribution >= 0.6 is 0 Å². The van der Waals surface area contributed by atoms with Crippen molar-refractivity contribution >= 4 is 17.0 Å². The molecule has 0 unspecified atom stereocenters. The van der Waals surface area contributed by atoms with Crippen molar-refractivity contribution in [1.29, 1.82) is 0 Å². The van der Waals surface area contributed by atoms with Crippen LogP contribution in [0.1, 0.15) is 51.4 Å². The SMILES string of the molecule is Cc1ccc(-c2c(OC(=O)N(C)C(C)(C)C)c(CC(C)C)nc3ccc(CO)cc23)cc1. The average molecular weight is 435 g/mol. The highest BCUT2D eigenvalue weighted by Crippen LogP contribution is 2.40. The van der Waals surface area contributed by atoms with Gasteiger partial charge in [-0.1, -0.05) is 49.7 Å². The van der Waals surface area contributed by atoms with Crippen molar-refractivity contribution in [3.05, 3.63) is 59.3 Å². The van der Waals surface area contributed by atoms with Gasteiger partial charge in [0.1, 0.15) is 0 Å². The Kier molecular flexibility index (Phi) is 6.89. The van der Waals surface area contributed by atoms with E-state index >= 15 is 0 Å². The van der Waals surface area contributed by atoms with Crippen LogP contribution in [0, 0.1) is 12.8 Å². The maximum atomic E-state index is 13.1. The molecule has 0 radical (unpaired) electrons. The van der Waals surface area contributed by atoms with E-state index in [4.69, 9.17) is 9.72 Å². The van der Waals surface area contributed by atoms with E-state index in [0.29, 0.717) is 18.1 Å². The van der Waals surface area contributed by atoms with Crippen molar-refractivity contribution in [2.24, 2.45) is 5.92 Å². The maximum absolute atomic E-state index is 13.1. The molecule has 3 rings (SSSR count). The molecule has 0 bridgehead atoms. The number of fused-ring (bicyclic) bond motifs is 1. The number of rotatable bonds is 5. The van der Waals surface area contributed by atoms with Gasteiger partial charge in [0.25, 0.3) is 0 Å². The van der Waals surface area contributed by atoms with Gasteiger partial charge in [0.2, 0.25) is 0 Å². The lowest BCUT2D eigenvalue weighted by atomic mass is 9.94. The molecular weight excluding hydrogens is 400 g/mol. The zero-order chi connectivity index (χ0) is 23.6. The lowest BCUT2D eigenvalue weighted by molar-refractivity contribution is 0.124. The summed E-state index contributed by atoms with van der Waals surface area (Å²) >= 11 is 0. The molecule has 1 amide bonds. The third-order valence-electron chi connectivity index (χ3n) is 5.67. The summed E-state index contributed by atoms with van der Waals surface area (Å²) in [5, 5.41) is 10.6. The number of carbonyl (C=O) groups excluding carboxylic acids is 1. The van der Waals surface area contributed by atoms with E-state index in [1.807, 2.05) is 70.2 Å². The van der Waals surface area contributed by atoms with Crippen molar-refractivity contribution in [1.82, 2.24) is 9.88 Å². The van der Waals surface area contributed by atoms with Gasteiger partial charge in [-0.3, -0.25) is 0 Å². The number of nitrogens with zero attached hydrogens (tertiary/aromatic N) is 2. The van der Waals surface area contributed by atoms with E-state index in [0.717, 1.165) is 38.9 Å². The Morgan fingerprint density at radius 3 is 2.34 bits per heavy atom. The summed E-state index contributed by atoms with van der Waals surface area (Å²) in [6.07, 6.45) is 0.258. The van der Waals surface area contributed by atoms with Gasteiger partial charge >= 0.3 is 6.09 Å². The van der Waals surface area contributed by atoms with Gasteiger partial charge in [0, 0.05) is 23.5 Å². The van der Waals surface area contributed by atoms with Crippen LogP contribution in [0.15, 0.2) is 42.5 Å². The first-order chi connectivity index (χ1) is 15.0. The predicted molar refractivity (Wildman–Crippen MR) is 130 cm³/mol. The predicted octanol–water partition coefficient (Wildman–Crippen LogP) is 6.13. The van der Waals surface area contributed by atoms with E-state index in [2.05, 4.69) is 13.8 Å². The van der Waals surface area contributed by atoms with E-state index in [1.54, 1.807) is 11.9 Å². The molecule has 2 aromatic carbocycles. The molecule has 5 heteroatoms. The number of aromatic nitrogens is 1. The lowest BCUT2D eigenvalue weighted by Gasteiger charge is -2.31. The molecule has 0 spiro atoms. The number of hydrogen-bond donors (Lipinski definition) is 1. The Morgan fingerprint density at radius 1 is 1.12 bits per heavy atom. The molecule has 0 saturated heterocycles. The second-order valence-corrected chi connectivity index (χ2v) is 9.83. The third kappa shape index (κ3) is 5.10. The molecule has 0 atom stereocenters. The van der Waals surface area contributed by atoms with Crippen molar-refractivity contribution in [3.8, 4) is 16.9 Å². The molecule has 1 heterocycles. The second kappa shape index (κ2) is 9.29. The molecule has 5 nitrogen and oxygen atoms in total. The molecule has 3 aromatic rings. The van der Waals surface area contributed by atoms with Crippen LogP contribution in [0.4, 0.5) is 4.79 Å². The minimum Gasteiger partial charge on any atom is -0.408 e. The van der Waals surface area contributed by atoms with Gasteiger partial charge in [-0.05, 0) is 63.3 Å². The van der Waals surface area contributed by atoms with Crippen LogP contribution in [0.25, 0.3) is 22.0 Å². The standard InChI is InChI=1S/C27H34N2O3/c1-17(2)14-23-25(32-26(31)29(7)27(4,5)6)24(20-11-8-18(3)9-12-20)21-15-19(16-30)10-13-22(21)28-23/h8-13,15,17,30H,14,16H2,1-7H3. The number of pyridine rings is 1. The molecule has 170 valence electrons. The zero-order valence-electron chi connectivity index (χ0n) is 20.2. The molecule has 1 aromatic heterocycles. The number of amides is 1. The number of aliphatic hydroxyl groups excluding tert-OH is 1. The molecule has 32 heavy (non-hydrogen) atoms. The molecule has 0 aliphatic heterocycles. The smallest absolute Gasteiger partial charge is 0.408 e. The molecule has 0 aliphatic carbocycles. The average Bonchev–Trinajstić information content (AvgIpc) is 2.73. The highest BCUT2D eigenvalue weighted by Gasteiger charge is 2.27. The first-order valence-electron chi connectivity index (χ1n) is 11.1. The summed E-state index contributed by atoms with van der Waals surface area (Å²) in [4.78, 5) is 19.6. The fourth-order valence-corrected chi connectivity index (χ4v) is 3.51. The van der Waals surface area contributed by atoms with Gasteiger partial charge in [-0.25, -0.2) is 9.78 Å². The van der Waals surface area contributed by atoms with Crippen LogP contribution < -0.4 is 4.74 Å². The van der Waals surface area contributed by atoms with E-state index in [-0.39, 0.29) is 12.1 Å². The van der Waals surface area contributed by atoms with Gasteiger partial charge in [-0.2, -0.15) is 0 Å². The first kappa shape index (κ1) is 23.7. The Balaban J connectivity index is 2.32. The zero-order valence-corrected chi connectivity index (χ0v) is 20.2. The quantitative estimate of drug-likeness (QED) is 0.525. The summed E-state index contributed by atoms with van der Waals surface area (Å²) in [6, 6.07) is 13.9. The van der Waals surface area contributed by atoms with Crippen LogP contribution in [-0.2, 0) is 13.0 Å². The number of aliphatic hydroxyl groups is 1. The van der Waals surface area contributed by atoms with E-state index < -0.39 is 6.09 Å². The third-order valence-corrected chi connectivity index (χ3v) is 5.67. The molecule has 0 saturated carbocycles. The number of benzene rings is 2. The summed E-state index contributed by atoms with van der Waals surface area (Å²) in [5.41, 5.74) is 4.91. The van der Waals surface area contributed by atoms with Gasteiger partial charge in [0.15, 0.2) is 5.75 Å². The number of hydrogen-bond acceptors (Lipinski definition) is 4. The summed E-state index contributed by atoms with van der Waals surface area (Å²) in [7, 11) is 1.74. The fourth-order valence-electron chi connectivity index (χ4n) is 3.51. The topological polar surface area (TPSA) is 62.7 Å². The van der Waals surface area contributed by atoms with Crippen molar-refractivity contribution < 1.29 is 14.6 Å². The largest absolute Gasteiger partial charge is 0.415 e. The molecular formula is C27H34N2O3. The lowest BCUT2D eigenvalue weighted by Crippen LogP contribution is -2.44. The Hall–Kier alpha value is -2.92. The fraction of sp³-hybridized carbons (Fsp3) is 0.407. The molecule has 0 aliphatic rings. The van der Waals surface area contributed by atoms with Crippen molar-refractivity contribution in [2.45, 2.75) is 60.1 Å². The number of carbonyl (C=O) groups is 1. The summed E-state index contributed by atoms with van der Waals surface area (Å²) in [6.45, 7) is 12.1. The normalized spacial score (nSPS) is 11.8. The highest BCUT2D eigenvalue weighted by atomic mass is 16.6. The maximum Gasteiger partial charge on any atom is 0.415 e. The minimum atomic E-state index is -0.421. The minimum absolute atomic E-state index is 0.0705. The monoisotopic (exact) mass is 434 g/mol. The highest BCUT2D eigenvalue weighted by molar-refractivity contribution is 5.99. The Labute approximate surface area is 191 Å². The van der Waals surface area contributed by atoms with Crippen molar-refractivity contribution in [2.75, 3.05) is 7.05 Å². The molecule has 1 N–H and O–H groups in total. The van der Waals surface area contributed by atoms with Gasteiger partial charge in [-0.15, -0.1) is 0 Å². The van der Waals surface area contributed by atoms with E-state index in [1.165, 1.54) is 0 Å². The van der Waals surface area contributed by atoms with E-state index in [9.17, 15) is 9.90 Å². The Morgan fingerprint density at radius 2 is 1.78 bits per heavy atom. The van der Waals surface area contributed by atoms with Crippen LogP contribution in [0.2, 0.25) is 0 Å².